The number of aromatic nitrogens is 1. The van der Waals surface area contributed by atoms with E-state index in [1.54, 1.807) is 6.20 Å². The highest BCUT2D eigenvalue weighted by Crippen LogP contribution is 2.39. The van der Waals surface area contributed by atoms with E-state index in [1.165, 1.54) is 16.7 Å². The van der Waals surface area contributed by atoms with E-state index >= 15 is 0 Å². The fourth-order valence-electron chi connectivity index (χ4n) is 1.68. The molecule has 0 unspecified atom stereocenters. The van der Waals surface area contributed by atoms with Crippen LogP contribution >= 0.6 is 27.5 Å². The molecule has 0 aromatic carbocycles. The van der Waals surface area contributed by atoms with E-state index in [1.807, 2.05) is 0 Å². The summed E-state index contributed by atoms with van der Waals surface area (Å²) in [5.74, 6) is 0. The Morgan fingerprint density at radius 3 is 2.77 bits per heavy atom. The van der Waals surface area contributed by atoms with Crippen molar-refractivity contribution in [2.24, 2.45) is 0 Å². The third kappa shape index (κ3) is 1.32. The number of pyridine rings is 1. The van der Waals surface area contributed by atoms with Gasteiger partial charge in [-0.15, -0.1) is 0 Å². The molecule has 13 heavy (non-hydrogen) atoms. The van der Waals surface area contributed by atoms with E-state index in [9.17, 15) is 0 Å². The molecule has 0 amide bonds. The molecule has 0 saturated carbocycles. The minimum Gasteiger partial charge on any atom is -0.243 e. The molecule has 1 nitrogen and oxygen atoms in total. The first-order chi connectivity index (χ1) is 6.11. The zero-order valence-electron chi connectivity index (χ0n) is 7.49. The molecule has 1 aromatic heterocycles. The summed E-state index contributed by atoms with van der Waals surface area (Å²) in [6.07, 6.45) is 2.70. The SMILES string of the molecule is CC1=C(C)c2c(Br)cnc(Cl)c2C1. The Morgan fingerprint density at radius 1 is 1.46 bits per heavy atom. The Morgan fingerprint density at radius 2 is 2.15 bits per heavy atom. The number of hydrogen-bond donors (Lipinski definition) is 0. The van der Waals surface area contributed by atoms with Crippen molar-refractivity contribution in [3.63, 3.8) is 0 Å². The lowest BCUT2D eigenvalue weighted by Gasteiger charge is -2.04. The van der Waals surface area contributed by atoms with E-state index in [0.717, 1.165) is 16.5 Å². The van der Waals surface area contributed by atoms with E-state index in [2.05, 4.69) is 34.8 Å². The molecular formula is C10H9BrClN. The molecule has 0 saturated heterocycles. The fraction of sp³-hybridized carbons (Fsp3) is 0.300. The molecule has 3 heteroatoms. The zero-order chi connectivity index (χ0) is 9.59. The molecule has 0 N–H and O–H groups in total. The van der Waals surface area contributed by atoms with Crippen LogP contribution < -0.4 is 0 Å². The maximum Gasteiger partial charge on any atom is 0.133 e. The first-order valence-corrected chi connectivity index (χ1v) is 5.28. The van der Waals surface area contributed by atoms with Crippen molar-refractivity contribution in [2.75, 3.05) is 0 Å². The molecule has 0 aliphatic heterocycles. The molecule has 0 spiro atoms. The predicted octanol–water partition coefficient (Wildman–Crippen LogP) is 3.85. The van der Waals surface area contributed by atoms with Gasteiger partial charge in [0.15, 0.2) is 0 Å². The summed E-state index contributed by atoms with van der Waals surface area (Å²) in [5.41, 5.74) is 5.10. The molecule has 1 aliphatic rings. The number of rotatable bonds is 0. The average molecular weight is 259 g/mol. The van der Waals surface area contributed by atoms with Crippen LogP contribution in [0, 0.1) is 0 Å². The standard InChI is InChI=1S/C10H9BrClN/c1-5-3-7-9(6(5)2)8(11)4-13-10(7)12/h4H,3H2,1-2H3. The van der Waals surface area contributed by atoms with Crippen molar-refractivity contribution in [1.29, 1.82) is 0 Å². The highest BCUT2D eigenvalue weighted by molar-refractivity contribution is 9.10. The van der Waals surface area contributed by atoms with Gasteiger partial charge in [0.05, 0.1) is 0 Å². The van der Waals surface area contributed by atoms with Gasteiger partial charge in [-0.1, -0.05) is 17.2 Å². The zero-order valence-corrected chi connectivity index (χ0v) is 9.83. The Hall–Kier alpha value is -0.340. The van der Waals surface area contributed by atoms with Crippen molar-refractivity contribution < 1.29 is 0 Å². The van der Waals surface area contributed by atoms with Gasteiger partial charge >= 0.3 is 0 Å². The maximum absolute atomic E-state index is 6.01. The van der Waals surface area contributed by atoms with Crippen molar-refractivity contribution >= 4 is 33.1 Å². The molecule has 2 rings (SSSR count). The molecule has 0 radical (unpaired) electrons. The average Bonchev–Trinajstić information content (AvgIpc) is 2.38. The van der Waals surface area contributed by atoms with Gasteiger partial charge in [-0.2, -0.15) is 0 Å². The van der Waals surface area contributed by atoms with Crippen LogP contribution in [0.2, 0.25) is 5.15 Å². The highest BCUT2D eigenvalue weighted by atomic mass is 79.9. The van der Waals surface area contributed by atoms with Crippen molar-refractivity contribution in [1.82, 2.24) is 4.98 Å². The fourth-order valence-corrected chi connectivity index (χ4v) is 2.53. The molecule has 0 fully saturated rings. The summed E-state index contributed by atoms with van der Waals surface area (Å²) >= 11 is 9.51. The minimum atomic E-state index is 0.634. The van der Waals surface area contributed by atoms with E-state index in [4.69, 9.17) is 11.6 Å². The van der Waals surface area contributed by atoms with Crippen molar-refractivity contribution in [3.05, 3.63) is 32.5 Å². The molecule has 0 atom stereocenters. The summed E-state index contributed by atoms with van der Waals surface area (Å²) in [7, 11) is 0. The van der Waals surface area contributed by atoms with Crippen LogP contribution in [0.1, 0.15) is 25.0 Å². The van der Waals surface area contributed by atoms with Gasteiger partial charge in [-0.25, -0.2) is 4.98 Å². The smallest absolute Gasteiger partial charge is 0.133 e. The third-order valence-corrected chi connectivity index (χ3v) is 3.46. The number of allylic oxidation sites excluding steroid dienone is 2. The summed E-state index contributed by atoms with van der Waals surface area (Å²) in [6.45, 7) is 4.26. The lowest BCUT2D eigenvalue weighted by atomic mass is 10.1. The van der Waals surface area contributed by atoms with Gasteiger partial charge in [0.1, 0.15) is 5.15 Å². The second kappa shape index (κ2) is 3.10. The molecule has 1 aliphatic carbocycles. The number of halogens is 2. The number of nitrogens with zero attached hydrogens (tertiary/aromatic N) is 1. The lowest BCUT2D eigenvalue weighted by molar-refractivity contribution is 1.14. The summed E-state index contributed by atoms with van der Waals surface area (Å²) in [4.78, 5) is 4.11. The van der Waals surface area contributed by atoms with Crippen LogP contribution in [0.15, 0.2) is 16.2 Å². The van der Waals surface area contributed by atoms with Gasteiger partial charge in [-0.3, -0.25) is 0 Å². The Balaban J connectivity index is 2.72. The monoisotopic (exact) mass is 257 g/mol. The van der Waals surface area contributed by atoms with Gasteiger partial charge in [0.2, 0.25) is 0 Å². The summed E-state index contributed by atoms with van der Waals surface area (Å²) < 4.78 is 1.04. The summed E-state index contributed by atoms with van der Waals surface area (Å²) in [6, 6.07) is 0. The minimum absolute atomic E-state index is 0.634. The van der Waals surface area contributed by atoms with Crippen molar-refractivity contribution in [2.45, 2.75) is 20.3 Å². The Kier molecular flexibility index (Phi) is 2.20. The third-order valence-electron chi connectivity index (χ3n) is 2.54. The topological polar surface area (TPSA) is 12.9 Å². The second-order valence-electron chi connectivity index (χ2n) is 3.33. The Bertz CT molecular complexity index is 410. The van der Waals surface area contributed by atoms with E-state index < -0.39 is 0 Å². The van der Waals surface area contributed by atoms with Crippen LogP contribution in [0.4, 0.5) is 0 Å². The van der Waals surface area contributed by atoms with Crippen LogP contribution in [-0.4, -0.2) is 4.98 Å². The summed E-state index contributed by atoms with van der Waals surface area (Å²) in [5, 5.41) is 0.634. The van der Waals surface area contributed by atoms with Crippen LogP contribution in [0.3, 0.4) is 0 Å². The van der Waals surface area contributed by atoms with Crippen LogP contribution in [0.25, 0.3) is 5.57 Å². The molecule has 1 aromatic rings. The van der Waals surface area contributed by atoms with Gasteiger partial charge < -0.3 is 0 Å². The predicted molar refractivity (Wildman–Crippen MR) is 58.9 cm³/mol. The van der Waals surface area contributed by atoms with Crippen LogP contribution in [-0.2, 0) is 6.42 Å². The van der Waals surface area contributed by atoms with Gasteiger partial charge in [-0.05, 0) is 47.3 Å². The molecule has 68 valence electrons. The normalized spacial score (nSPS) is 15.1. The number of fused-ring (bicyclic) bond motifs is 1. The first kappa shape index (κ1) is 9.22. The molecule has 0 bridgehead atoms. The second-order valence-corrected chi connectivity index (χ2v) is 4.54. The Labute approximate surface area is 91.0 Å². The lowest BCUT2D eigenvalue weighted by Crippen LogP contribution is -1.89. The quantitative estimate of drug-likeness (QED) is 0.644. The van der Waals surface area contributed by atoms with Gasteiger partial charge in [0.25, 0.3) is 0 Å². The van der Waals surface area contributed by atoms with Crippen molar-refractivity contribution in [3.8, 4) is 0 Å². The van der Waals surface area contributed by atoms with E-state index in [-0.39, 0.29) is 0 Å². The first-order valence-electron chi connectivity index (χ1n) is 4.11. The molecule has 1 heterocycles. The molecular weight excluding hydrogens is 249 g/mol. The highest BCUT2D eigenvalue weighted by Gasteiger charge is 2.21. The van der Waals surface area contributed by atoms with Gasteiger partial charge in [0, 0.05) is 16.2 Å². The van der Waals surface area contributed by atoms with E-state index in [0.29, 0.717) is 5.15 Å². The number of hydrogen-bond acceptors (Lipinski definition) is 1. The van der Waals surface area contributed by atoms with Crippen LogP contribution in [0.5, 0.6) is 0 Å². The largest absolute Gasteiger partial charge is 0.243 e. The maximum atomic E-state index is 6.01.